The minimum atomic E-state index is -0.489. The highest BCUT2D eigenvalue weighted by atomic mass is 32.2. The number of hydrazone groups is 1. The van der Waals surface area contributed by atoms with Crippen LogP contribution >= 0.6 is 24.0 Å². The second kappa shape index (κ2) is 9.39. The topological polar surface area (TPSA) is 75.8 Å². The molecule has 2 heterocycles. The predicted molar refractivity (Wildman–Crippen MR) is 139 cm³/mol. The van der Waals surface area contributed by atoms with Gasteiger partial charge in [0.1, 0.15) is 10.8 Å². The number of rotatable bonds is 5. The van der Waals surface area contributed by atoms with Crippen molar-refractivity contribution in [2.75, 3.05) is 6.54 Å². The van der Waals surface area contributed by atoms with Gasteiger partial charge in [0.25, 0.3) is 0 Å². The predicted octanol–water partition coefficient (Wildman–Crippen LogP) is 5.51. The first-order valence-corrected chi connectivity index (χ1v) is 12.2. The van der Waals surface area contributed by atoms with Gasteiger partial charge in [-0.25, -0.2) is 15.0 Å². The Bertz CT molecular complexity index is 958. The number of unbranched alkanes of at least 4 members (excludes halogenated alkanes) is 1. The lowest BCUT2D eigenvalue weighted by Crippen LogP contribution is -2.56. The molecule has 0 radical (unpaired) electrons. The van der Waals surface area contributed by atoms with Crippen molar-refractivity contribution >= 4 is 45.1 Å². The molecule has 1 atom stereocenters. The number of fused-ring (bicyclic) bond motifs is 1. The quantitative estimate of drug-likeness (QED) is 0.433. The second-order valence-electron chi connectivity index (χ2n) is 10.0. The van der Waals surface area contributed by atoms with Gasteiger partial charge < -0.3 is 5.11 Å². The zero-order valence-corrected chi connectivity index (χ0v) is 21.6. The summed E-state index contributed by atoms with van der Waals surface area (Å²) in [4.78, 5) is 10.3. The number of aliphatic imine (C=N–C) groups is 2. The monoisotopic (exact) mass is 474 g/mol. The molecule has 32 heavy (non-hydrogen) atoms. The Kier molecular flexibility index (Phi) is 7.19. The van der Waals surface area contributed by atoms with E-state index in [-0.39, 0.29) is 16.6 Å². The van der Waals surface area contributed by atoms with Crippen molar-refractivity contribution in [1.82, 2.24) is 15.4 Å². The van der Waals surface area contributed by atoms with Crippen molar-refractivity contribution in [1.29, 1.82) is 0 Å². The standard InChI is InChI=1S/C23H34N6OS2/c1-8-9-14-24-20-25-21-29(27-19(32-21)23(5,6)7)17(15-12-10-11-13-16(15)30)28(20)26-18(31)22(2,3)4/h10-13,17,30H,8-9,14H2,1-7H3,(H,26,31). The molecule has 0 aliphatic carbocycles. The molecule has 2 aliphatic rings. The van der Waals surface area contributed by atoms with E-state index in [1.54, 1.807) is 17.8 Å². The van der Waals surface area contributed by atoms with Crippen molar-refractivity contribution < 1.29 is 5.11 Å². The Morgan fingerprint density at radius 2 is 1.91 bits per heavy atom. The number of benzene rings is 1. The molecule has 0 saturated carbocycles. The molecule has 0 saturated heterocycles. The zero-order valence-electron chi connectivity index (χ0n) is 20.0. The summed E-state index contributed by atoms with van der Waals surface area (Å²) >= 11 is 7.27. The average molecular weight is 475 g/mol. The lowest BCUT2D eigenvalue weighted by Gasteiger charge is -2.42. The summed E-state index contributed by atoms with van der Waals surface area (Å²) in [5, 5.41) is 21.1. The van der Waals surface area contributed by atoms with Gasteiger partial charge in [-0.3, -0.25) is 5.43 Å². The molecule has 9 heteroatoms. The minimum absolute atomic E-state index is 0.133. The Labute approximate surface area is 201 Å². The largest absolute Gasteiger partial charge is 0.508 e. The van der Waals surface area contributed by atoms with Crippen LogP contribution in [0.4, 0.5) is 0 Å². The highest BCUT2D eigenvalue weighted by molar-refractivity contribution is 8.27. The lowest BCUT2D eigenvalue weighted by molar-refractivity contribution is 0.129. The number of thioether (sulfide) groups is 1. The van der Waals surface area contributed by atoms with E-state index in [1.807, 2.05) is 28.2 Å². The molecule has 174 valence electrons. The molecular formula is C23H34N6OS2. The highest BCUT2D eigenvalue weighted by Crippen LogP contribution is 2.42. The van der Waals surface area contributed by atoms with Crippen LogP contribution in [0.25, 0.3) is 0 Å². The number of hydrogen-bond acceptors (Lipinski definition) is 6. The number of hydrazine groups is 1. The first-order valence-electron chi connectivity index (χ1n) is 11.0. The summed E-state index contributed by atoms with van der Waals surface area (Å²) < 4.78 is 0. The Balaban J connectivity index is 2.16. The average Bonchev–Trinajstić information content (AvgIpc) is 3.12. The number of nitrogens with zero attached hydrogens (tertiary/aromatic N) is 5. The van der Waals surface area contributed by atoms with E-state index < -0.39 is 6.17 Å². The van der Waals surface area contributed by atoms with Gasteiger partial charge in [0, 0.05) is 22.9 Å². The van der Waals surface area contributed by atoms with Crippen molar-refractivity contribution in [3.05, 3.63) is 29.8 Å². The number of thiocarbonyl (C=S) groups is 1. The maximum Gasteiger partial charge on any atom is 0.244 e. The fraction of sp³-hybridized carbons (Fsp3) is 0.565. The lowest BCUT2D eigenvalue weighted by atomic mass is 9.97. The molecule has 0 aromatic heterocycles. The van der Waals surface area contributed by atoms with Crippen LogP contribution in [0.5, 0.6) is 5.75 Å². The number of aromatic hydroxyl groups is 1. The summed E-state index contributed by atoms with van der Waals surface area (Å²) in [6, 6.07) is 7.31. The van der Waals surface area contributed by atoms with Crippen LogP contribution in [-0.4, -0.2) is 42.8 Å². The van der Waals surface area contributed by atoms with Gasteiger partial charge in [0.2, 0.25) is 5.96 Å². The molecular weight excluding hydrogens is 440 g/mol. The number of amidine groups is 1. The fourth-order valence-corrected chi connectivity index (χ4v) is 4.07. The molecule has 1 aromatic rings. The smallest absolute Gasteiger partial charge is 0.244 e. The first-order chi connectivity index (χ1) is 14.9. The SMILES string of the molecule is CCCCN=C1N=C2SC(C(C)(C)C)=NN2C(c2ccccc2O)N1NC(=S)C(C)(C)C. The maximum absolute atomic E-state index is 10.8. The number of phenolic OH excluding ortho intramolecular Hbond substituents is 1. The molecule has 3 rings (SSSR count). The Hall–Kier alpha value is -2.13. The van der Waals surface area contributed by atoms with E-state index in [4.69, 9.17) is 27.3 Å². The van der Waals surface area contributed by atoms with Crippen LogP contribution in [0, 0.1) is 10.8 Å². The van der Waals surface area contributed by atoms with Crippen LogP contribution in [0.15, 0.2) is 39.4 Å². The molecule has 1 aromatic carbocycles. The van der Waals surface area contributed by atoms with E-state index in [2.05, 4.69) is 53.9 Å². The van der Waals surface area contributed by atoms with Crippen LogP contribution in [-0.2, 0) is 0 Å². The van der Waals surface area contributed by atoms with E-state index in [0.29, 0.717) is 23.1 Å². The number of para-hydroxylation sites is 1. The summed E-state index contributed by atoms with van der Waals surface area (Å²) in [5.74, 6) is 0.729. The summed E-state index contributed by atoms with van der Waals surface area (Å²) in [6.45, 7) is 15.4. The third-order valence-corrected chi connectivity index (χ3v) is 7.05. The second-order valence-corrected chi connectivity index (χ2v) is 11.4. The number of hydrogen-bond donors (Lipinski definition) is 2. The third-order valence-electron chi connectivity index (χ3n) is 4.99. The summed E-state index contributed by atoms with van der Waals surface area (Å²) in [6.07, 6.45) is 1.52. The normalized spacial score (nSPS) is 20.2. The zero-order chi connectivity index (χ0) is 23.7. The van der Waals surface area contributed by atoms with Gasteiger partial charge in [-0.2, -0.15) is 10.1 Å². The fourth-order valence-electron chi connectivity index (χ4n) is 3.00. The van der Waals surface area contributed by atoms with Crippen molar-refractivity contribution in [2.45, 2.75) is 67.5 Å². The van der Waals surface area contributed by atoms with Gasteiger partial charge in [-0.1, -0.05) is 85.3 Å². The van der Waals surface area contributed by atoms with E-state index in [1.165, 1.54) is 0 Å². The molecule has 2 aliphatic heterocycles. The Morgan fingerprint density at radius 1 is 1.22 bits per heavy atom. The van der Waals surface area contributed by atoms with Gasteiger partial charge in [-0.15, -0.1) is 0 Å². The first kappa shape index (κ1) is 24.5. The van der Waals surface area contributed by atoms with Gasteiger partial charge in [0.15, 0.2) is 11.3 Å². The van der Waals surface area contributed by atoms with Crippen molar-refractivity contribution in [3.63, 3.8) is 0 Å². The van der Waals surface area contributed by atoms with Gasteiger partial charge >= 0.3 is 0 Å². The van der Waals surface area contributed by atoms with Crippen molar-refractivity contribution in [3.8, 4) is 5.75 Å². The molecule has 7 nitrogen and oxygen atoms in total. The third kappa shape index (κ3) is 5.26. The van der Waals surface area contributed by atoms with Gasteiger partial charge in [0.05, 0.1) is 4.99 Å². The molecule has 2 N–H and O–H groups in total. The summed E-state index contributed by atoms with van der Waals surface area (Å²) in [7, 11) is 0. The molecule has 0 bridgehead atoms. The summed E-state index contributed by atoms with van der Waals surface area (Å²) in [5.41, 5.74) is 3.69. The minimum Gasteiger partial charge on any atom is -0.508 e. The molecule has 0 amide bonds. The van der Waals surface area contributed by atoms with Crippen LogP contribution < -0.4 is 5.43 Å². The van der Waals surface area contributed by atoms with Gasteiger partial charge in [-0.05, 0) is 24.2 Å². The van der Waals surface area contributed by atoms with Crippen LogP contribution in [0.1, 0.15) is 73.0 Å². The van der Waals surface area contributed by atoms with Crippen molar-refractivity contribution in [2.24, 2.45) is 25.9 Å². The number of guanidine groups is 1. The highest BCUT2D eigenvalue weighted by Gasteiger charge is 2.44. The molecule has 0 spiro atoms. The van der Waals surface area contributed by atoms with Crippen LogP contribution in [0.3, 0.4) is 0 Å². The van der Waals surface area contributed by atoms with E-state index in [9.17, 15) is 5.11 Å². The van der Waals surface area contributed by atoms with E-state index >= 15 is 0 Å². The Morgan fingerprint density at radius 3 is 2.50 bits per heavy atom. The van der Waals surface area contributed by atoms with Crippen LogP contribution in [0.2, 0.25) is 0 Å². The number of phenols is 1. The number of nitrogens with one attached hydrogen (secondary N) is 1. The molecule has 0 fully saturated rings. The molecule has 1 unspecified atom stereocenters. The van der Waals surface area contributed by atoms with E-state index in [0.717, 1.165) is 23.1 Å². The maximum atomic E-state index is 10.8.